The Bertz CT molecular complexity index is 405. The van der Waals surface area contributed by atoms with E-state index in [1.54, 1.807) is 0 Å². The first-order valence-corrected chi connectivity index (χ1v) is 4.33. The molecular formula is C9H11N3O2. The van der Waals surface area contributed by atoms with E-state index in [4.69, 9.17) is 0 Å². The van der Waals surface area contributed by atoms with Crippen LogP contribution in [-0.2, 0) is 0 Å². The van der Waals surface area contributed by atoms with Crippen molar-refractivity contribution in [3.05, 3.63) is 33.9 Å². The van der Waals surface area contributed by atoms with Crippen LogP contribution in [0, 0.1) is 17.0 Å². The number of hydrogen-bond donors (Lipinski definition) is 2. The van der Waals surface area contributed by atoms with Crippen LogP contribution in [0.4, 0.5) is 11.4 Å². The summed E-state index contributed by atoms with van der Waals surface area (Å²) in [6.07, 6.45) is 0. The lowest BCUT2D eigenvalue weighted by Gasteiger charge is -2.15. The Morgan fingerprint density at radius 3 is 2.71 bits per heavy atom. The van der Waals surface area contributed by atoms with E-state index in [1.165, 1.54) is 6.92 Å². The van der Waals surface area contributed by atoms with Crippen LogP contribution >= 0.6 is 0 Å². The molecule has 1 aromatic rings. The molecule has 5 nitrogen and oxygen atoms in total. The smallest absolute Gasteiger partial charge is 0.301 e. The molecule has 0 radical (unpaired) electrons. The van der Waals surface area contributed by atoms with Gasteiger partial charge >= 0.3 is 5.79 Å². The van der Waals surface area contributed by atoms with Gasteiger partial charge in [-0.15, -0.1) is 0 Å². The topological polar surface area (TPSA) is 67.2 Å². The van der Waals surface area contributed by atoms with Gasteiger partial charge in [0.25, 0.3) is 0 Å². The van der Waals surface area contributed by atoms with Gasteiger partial charge in [0.05, 0.1) is 16.3 Å². The van der Waals surface area contributed by atoms with Gasteiger partial charge in [0, 0.05) is 6.92 Å². The average molecular weight is 193 g/mol. The van der Waals surface area contributed by atoms with Crippen molar-refractivity contribution < 1.29 is 4.92 Å². The Balaban J connectivity index is 2.44. The molecule has 0 saturated heterocycles. The van der Waals surface area contributed by atoms with E-state index in [9.17, 15) is 10.1 Å². The number of benzene rings is 1. The minimum absolute atomic E-state index is 0.369. The first-order valence-electron chi connectivity index (χ1n) is 4.33. The summed E-state index contributed by atoms with van der Waals surface area (Å²) in [4.78, 5) is 10.4. The zero-order valence-corrected chi connectivity index (χ0v) is 8.00. The maximum atomic E-state index is 10.8. The minimum atomic E-state index is -1.28. The van der Waals surface area contributed by atoms with Gasteiger partial charge in [-0.25, -0.2) is 0 Å². The van der Waals surface area contributed by atoms with E-state index in [2.05, 4.69) is 10.6 Å². The van der Waals surface area contributed by atoms with Gasteiger partial charge in [0.1, 0.15) is 0 Å². The van der Waals surface area contributed by atoms with Crippen molar-refractivity contribution >= 4 is 11.4 Å². The normalized spacial score (nSPS) is 23.6. The summed E-state index contributed by atoms with van der Waals surface area (Å²) in [7, 11) is 0. The zero-order chi connectivity index (χ0) is 10.3. The highest BCUT2D eigenvalue weighted by atomic mass is 16.6. The molecule has 2 rings (SSSR count). The van der Waals surface area contributed by atoms with Crippen LogP contribution in [0.5, 0.6) is 0 Å². The third-order valence-corrected chi connectivity index (χ3v) is 2.38. The van der Waals surface area contributed by atoms with E-state index >= 15 is 0 Å². The molecule has 0 amide bonds. The summed E-state index contributed by atoms with van der Waals surface area (Å²) < 4.78 is 0. The van der Waals surface area contributed by atoms with Crippen LogP contribution in [0.2, 0.25) is 0 Å². The van der Waals surface area contributed by atoms with Gasteiger partial charge in [-0.1, -0.05) is 12.1 Å². The highest BCUT2D eigenvalue weighted by Crippen LogP contribution is 2.36. The Labute approximate surface area is 81.3 Å². The lowest BCUT2D eigenvalue weighted by atomic mass is 10.2. The fourth-order valence-electron chi connectivity index (χ4n) is 1.57. The molecule has 1 aliphatic rings. The van der Waals surface area contributed by atoms with Crippen LogP contribution in [0.15, 0.2) is 18.2 Å². The highest BCUT2D eigenvalue weighted by Gasteiger charge is 2.43. The molecule has 0 bridgehead atoms. The maximum absolute atomic E-state index is 10.8. The Kier molecular flexibility index (Phi) is 1.64. The number of para-hydroxylation sites is 1. The standard InChI is InChI=1S/C9H11N3O2/c1-6-4-3-5-7-8(6)11-9(2,10-7)12(13)14/h3-5,10-11H,1-2H3. The summed E-state index contributed by atoms with van der Waals surface area (Å²) in [6.45, 7) is 3.42. The van der Waals surface area contributed by atoms with Crippen molar-refractivity contribution in [3.8, 4) is 0 Å². The number of nitrogens with zero attached hydrogens (tertiary/aromatic N) is 1. The maximum Gasteiger partial charge on any atom is 0.370 e. The number of rotatable bonds is 1. The Morgan fingerprint density at radius 1 is 1.43 bits per heavy atom. The summed E-state index contributed by atoms with van der Waals surface area (Å²) in [5.41, 5.74) is 2.59. The van der Waals surface area contributed by atoms with E-state index in [1.807, 2.05) is 25.1 Å². The van der Waals surface area contributed by atoms with Crippen LogP contribution < -0.4 is 10.6 Å². The van der Waals surface area contributed by atoms with Crippen molar-refractivity contribution in [2.75, 3.05) is 10.6 Å². The predicted molar refractivity (Wildman–Crippen MR) is 53.8 cm³/mol. The highest BCUT2D eigenvalue weighted by molar-refractivity contribution is 5.78. The van der Waals surface area contributed by atoms with Crippen molar-refractivity contribution in [2.45, 2.75) is 19.6 Å². The van der Waals surface area contributed by atoms with E-state index < -0.39 is 5.79 Å². The molecule has 0 spiro atoms. The number of anilines is 2. The van der Waals surface area contributed by atoms with Crippen LogP contribution in [0.1, 0.15) is 12.5 Å². The van der Waals surface area contributed by atoms with Gasteiger partial charge in [0.2, 0.25) is 0 Å². The summed E-state index contributed by atoms with van der Waals surface area (Å²) in [5, 5.41) is 16.5. The second-order valence-corrected chi connectivity index (χ2v) is 3.58. The molecule has 0 aromatic heterocycles. The van der Waals surface area contributed by atoms with Gasteiger partial charge in [0.15, 0.2) is 0 Å². The molecule has 1 unspecified atom stereocenters. The second-order valence-electron chi connectivity index (χ2n) is 3.58. The molecule has 1 heterocycles. The van der Waals surface area contributed by atoms with Gasteiger partial charge < -0.3 is 10.6 Å². The molecule has 2 N–H and O–H groups in total. The summed E-state index contributed by atoms with van der Waals surface area (Å²) in [6, 6.07) is 5.61. The molecule has 14 heavy (non-hydrogen) atoms. The molecule has 0 saturated carbocycles. The average Bonchev–Trinajstić information content (AvgIpc) is 2.45. The van der Waals surface area contributed by atoms with Gasteiger partial charge in [-0.2, -0.15) is 0 Å². The monoisotopic (exact) mass is 193 g/mol. The van der Waals surface area contributed by atoms with Crippen molar-refractivity contribution in [3.63, 3.8) is 0 Å². The van der Waals surface area contributed by atoms with Crippen LogP contribution in [0.25, 0.3) is 0 Å². The number of fused-ring (bicyclic) bond motifs is 1. The Morgan fingerprint density at radius 2 is 2.14 bits per heavy atom. The van der Waals surface area contributed by atoms with Crippen molar-refractivity contribution in [1.82, 2.24) is 0 Å². The van der Waals surface area contributed by atoms with Crippen LogP contribution in [0.3, 0.4) is 0 Å². The van der Waals surface area contributed by atoms with E-state index in [0.717, 1.165) is 16.9 Å². The first-order chi connectivity index (χ1) is 6.53. The molecule has 5 heteroatoms. The molecule has 0 aliphatic carbocycles. The molecule has 74 valence electrons. The third-order valence-electron chi connectivity index (χ3n) is 2.38. The molecule has 1 aromatic carbocycles. The molecule has 0 fully saturated rings. The lowest BCUT2D eigenvalue weighted by molar-refractivity contribution is -0.547. The quantitative estimate of drug-likeness (QED) is 0.527. The number of nitro groups is 1. The predicted octanol–water partition coefficient (Wildman–Crippen LogP) is 1.78. The lowest BCUT2D eigenvalue weighted by Crippen LogP contribution is -2.46. The fraction of sp³-hybridized carbons (Fsp3) is 0.333. The Hall–Kier alpha value is -1.78. The summed E-state index contributed by atoms with van der Waals surface area (Å²) in [5.74, 6) is -1.28. The number of nitrogens with one attached hydrogen (secondary N) is 2. The largest absolute Gasteiger partial charge is 0.370 e. The van der Waals surface area contributed by atoms with Gasteiger partial charge in [-0.05, 0) is 18.6 Å². The molecular weight excluding hydrogens is 182 g/mol. The minimum Gasteiger partial charge on any atom is -0.301 e. The first kappa shape index (κ1) is 8.80. The van der Waals surface area contributed by atoms with Gasteiger partial charge in [-0.3, -0.25) is 10.1 Å². The van der Waals surface area contributed by atoms with Crippen molar-refractivity contribution in [1.29, 1.82) is 0 Å². The third kappa shape index (κ3) is 1.09. The SMILES string of the molecule is Cc1cccc2c1NC(C)([N+](=O)[O-])N2. The van der Waals surface area contributed by atoms with Crippen molar-refractivity contribution in [2.24, 2.45) is 0 Å². The van der Waals surface area contributed by atoms with Crippen LogP contribution in [-0.4, -0.2) is 10.7 Å². The van der Waals surface area contributed by atoms with E-state index in [0.29, 0.717) is 0 Å². The second kappa shape index (κ2) is 2.60. The zero-order valence-electron chi connectivity index (χ0n) is 8.00. The van der Waals surface area contributed by atoms with E-state index in [-0.39, 0.29) is 4.92 Å². The fourth-order valence-corrected chi connectivity index (χ4v) is 1.57. The molecule has 1 aliphatic heterocycles. The molecule has 1 atom stereocenters. The number of hydrogen-bond acceptors (Lipinski definition) is 4. The number of aryl methyl sites for hydroxylation is 1. The summed E-state index contributed by atoms with van der Waals surface area (Å²) >= 11 is 0.